The van der Waals surface area contributed by atoms with Gasteiger partial charge < -0.3 is 25.3 Å². The molecule has 0 aromatic heterocycles. The van der Waals surface area contributed by atoms with Crippen LogP contribution in [0.3, 0.4) is 0 Å². The summed E-state index contributed by atoms with van der Waals surface area (Å²) < 4.78 is 0. The molecule has 0 unspecified atom stereocenters. The Balaban J connectivity index is 1.91. The summed E-state index contributed by atoms with van der Waals surface area (Å²) in [4.78, 5) is 73.3. The minimum Gasteiger partial charge on any atom is -0.342 e. The van der Waals surface area contributed by atoms with E-state index >= 15 is 0 Å². The van der Waals surface area contributed by atoms with Crippen LogP contribution in [0, 0.1) is 11.8 Å². The van der Waals surface area contributed by atoms with E-state index in [0.717, 1.165) is 30.4 Å². The van der Waals surface area contributed by atoms with Crippen LogP contribution in [-0.2, 0) is 36.8 Å². The Labute approximate surface area is 293 Å². The average molecular weight is 676 g/mol. The highest BCUT2D eigenvalue weighted by Crippen LogP contribution is 2.19. The van der Waals surface area contributed by atoms with Gasteiger partial charge in [-0.2, -0.15) is 0 Å². The quantitative estimate of drug-likeness (QED) is 0.276. The van der Waals surface area contributed by atoms with Crippen LogP contribution in [0.2, 0.25) is 0 Å². The molecule has 2 aromatic carbocycles. The molecule has 10 heteroatoms. The second-order valence-electron chi connectivity index (χ2n) is 13.9. The zero-order chi connectivity index (χ0) is 36.1. The number of hydrogen-bond acceptors (Lipinski definition) is 5. The minimum atomic E-state index is -1.01. The van der Waals surface area contributed by atoms with Crippen molar-refractivity contribution in [3.05, 3.63) is 71.8 Å². The fourth-order valence-electron chi connectivity index (χ4n) is 6.31. The summed E-state index contributed by atoms with van der Waals surface area (Å²) in [6.45, 7) is 10.7. The zero-order valence-electron chi connectivity index (χ0n) is 30.5. The van der Waals surface area contributed by atoms with E-state index in [0.29, 0.717) is 25.9 Å². The van der Waals surface area contributed by atoms with Gasteiger partial charge in [0, 0.05) is 47.0 Å². The van der Waals surface area contributed by atoms with Gasteiger partial charge in [0.15, 0.2) is 0 Å². The molecule has 2 N–H and O–H groups in total. The molecule has 0 aliphatic carbocycles. The lowest BCUT2D eigenvalue weighted by Gasteiger charge is -2.36. The monoisotopic (exact) mass is 675 g/mol. The number of piperidine rings is 1. The van der Waals surface area contributed by atoms with E-state index in [1.165, 1.54) is 16.7 Å². The number of likely N-dealkylation sites (N-methyl/N-ethyl adjacent to an activating group) is 2. The number of hydrogen-bond donors (Lipinski definition) is 2. The average Bonchev–Trinajstić information content (AvgIpc) is 3.11. The summed E-state index contributed by atoms with van der Waals surface area (Å²) in [5.74, 6) is -1.65. The molecule has 10 nitrogen and oxygen atoms in total. The first kappa shape index (κ1) is 39.2. The number of carbonyl (C=O) groups is 5. The van der Waals surface area contributed by atoms with E-state index in [-0.39, 0.29) is 42.4 Å². The number of benzene rings is 2. The summed E-state index contributed by atoms with van der Waals surface area (Å²) in [5, 5.41) is 6.02. The largest absolute Gasteiger partial charge is 0.342 e. The number of carbonyl (C=O) groups excluding carboxylic acids is 5. The molecule has 49 heavy (non-hydrogen) atoms. The van der Waals surface area contributed by atoms with Gasteiger partial charge in [0.05, 0.1) is 0 Å². The van der Waals surface area contributed by atoms with E-state index in [9.17, 15) is 24.0 Å². The molecule has 0 saturated carbocycles. The first-order valence-electron chi connectivity index (χ1n) is 17.8. The van der Waals surface area contributed by atoms with Gasteiger partial charge in [0.1, 0.15) is 24.2 Å². The third-order valence-electron chi connectivity index (χ3n) is 9.69. The zero-order valence-corrected chi connectivity index (χ0v) is 30.5. The van der Waals surface area contributed by atoms with Crippen molar-refractivity contribution in [2.75, 3.05) is 27.2 Å². The summed E-state index contributed by atoms with van der Waals surface area (Å²) in [6.07, 6.45) is 4.52. The number of amides is 5. The maximum Gasteiger partial charge on any atom is 0.245 e. The van der Waals surface area contributed by atoms with Gasteiger partial charge in [-0.25, -0.2) is 0 Å². The normalized spacial score (nSPS) is 16.1. The van der Waals surface area contributed by atoms with Gasteiger partial charge in [0.2, 0.25) is 29.5 Å². The van der Waals surface area contributed by atoms with Gasteiger partial charge in [-0.3, -0.25) is 24.0 Å². The minimum absolute atomic E-state index is 0.0625. The molecule has 1 aliphatic rings. The van der Waals surface area contributed by atoms with Crippen molar-refractivity contribution >= 4 is 29.5 Å². The third-order valence-corrected chi connectivity index (χ3v) is 9.69. The van der Waals surface area contributed by atoms with Crippen LogP contribution < -0.4 is 10.6 Å². The first-order valence-corrected chi connectivity index (χ1v) is 17.8. The second kappa shape index (κ2) is 19.1. The predicted molar refractivity (Wildman–Crippen MR) is 192 cm³/mol. The number of likely N-dealkylation sites (tertiary alicyclic amines) is 1. The van der Waals surface area contributed by atoms with Crippen LogP contribution in [-0.4, -0.2) is 95.6 Å². The topological polar surface area (TPSA) is 119 Å². The first-order chi connectivity index (χ1) is 23.3. The molecule has 2 aromatic rings. The van der Waals surface area contributed by atoms with Gasteiger partial charge in [-0.1, -0.05) is 94.8 Å². The molecular formula is C39H57N5O5. The molecule has 1 saturated heterocycles. The summed E-state index contributed by atoms with van der Waals surface area (Å²) >= 11 is 0. The van der Waals surface area contributed by atoms with Gasteiger partial charge >= 0.3 is 0 Å². The van der Waals surface area contributed by atoms with Gasteiger partial charge in [-0.05, 0) is 48.6 Å². The van der Waals surface area contributed by atoms with Crippen LogP contribution in [0.25, 0.3) is 0 Å². The summed E-state index contributed by atoms with van der Waals surface area (Å²) in [7, 11) is 3.17. The van der Waals surface area contributed by atoms with E-state index in [1.54, 1.807) is 14.1 Å². The summed E-state index contributed by atoms with van der Waals surface area (Å²) in [5.41, 5.74) is 1.71. The number of nitrogens with one attached hydrogen (secondary N) is 2. The van der Waals surface area contributed by atoms with Gasteiger partial charge in [-0.15, -0.1) is 0 Å². The Morgan fingerprint density at radius 3 is 1.78 bits per heavy atom. The predicted octanol–water partition coefficient (Wildman–Crippen LogP) is 4.22. The highest BCUT2D eigenvalue weighted by molar-refractivity contribution is 5.95. The molecule has 5 atom stereocenters. The van der Waals surface area contributed by atoms with E-state index < -0.39 is 36.0 Å². The van der Waals surface area contributed by atoms with E-state index in [4.69, 9.17) is 0 Å². The fourth-order valence-corrected chi connectivity index (χ4v) is 6.31. The van der Waals surface area contributed by atoms with E-state index in [2.05, 4.69) is 10.6 Å². The highest BCUT2D eigenvalue weighted by Gasteiger charge is 2.38. The molecule has 268 valence electrons. The molecule has 0 bridgehead atoms. The Morgan fingerprint density at radius 1 is 0.735 bits per heavy atom. The van der Waals surface area contributed by atoms with Gasteiger partial charge in [0.25, 0.3) is 0 Å². The molecule has 0 spiro atoms. The molecule has 1 fully saturated rings. The maximum absolute atomic E-state index is 14.4. The molecular weight excluding hydrogens is 618 g/mol. The Hall–Kier alpha value is -4.21. The van der Waals surface area contributed by atoms with Crippen molar-refractivity contribution in [3.8, 4) is 0 Å². The van der Waals surface area contributed by atoms with Crippen molar-refractivity contribution in [2.24, 2.45) is 11.8 Å². The standard InChI is InChI=1S/C39H57N5O5/c1-8-28(4)35(39(49)44-22-16-11-17-23-44)41-37(47)33(24-27(2)3)43(7)38(48)32(25-30-18-12-9-13-19-30)40-36(46)34(42(6)29(5)45)26-31-20-14-10-15-21-31/h9-10,12-15,18-21,27-28,32-35H,8,11,16-17,22-26H2,1-7H3,(H,40,46)(H,41,47)/t28-,32-,33-,34-,35-/m0/s1. The SMILES string of the molecule is CC[C@H](C)[C@H](NC(=O)[C@H](CC(C)C)N(C)C(=O)[C@H](Cc1ccccc1)NC(=O)[C@H](Cc1ccccc1)N(C)C(C)=O)C(=O)N1CCCCC1. The highest BCUT2D eigenvalue weighted by atomic mass is 16.2. The lowest BCUT2D eigenvalue weighted by atomic mass is 9.95. The smallest absolute Gasteiger partial charge is 0.245 e. The lowest BCUT2D eigenvalue weighted by Crippen LogP contribution is -2.60. The second-order valence-corrected chi connectivity index (χ2v) is 13.9. The maximum atomic E-state index is 14.4. The number of nitrogens with zero attached hydrogens (tertiary/aromatic N) is 3. The van der Waals surface area contributed by atoms with Crippen molar-refractivity contribution in [1.82, 2.24) is 25.3 Å². The molecule has 0 radical (unpaired) electrons. The molecule has 3 rings (SSSR count). The van der Waals surface area contributed by atoms with Crippen molar-refractivity contribution < 1.29 is 24.0 Å². The van der Waals surface area contributed by atoms with E-state index in [1.807, 2.05) is 93.3 Å². The van der Waals surface area contributed by atoms with Crippen LogP contribution in [0.1, 0.15) is 77.8 Å². The summed E-state index contributed by atoms with van der Waals surface area (Å²) in [6, 6.07) is 15.4. The van der Waals surface area contributed by atoms with Crippen molar-refractivity contribution in [1.29, 1.82) is 0 Å². The Bertz CT molecular complexity index is 1380. The lowest BCUT2D eigenvalue weighted by molar-refractivity contribution is -0.145. The molecule has 1 aliphatic heterocycles. The Morgan fingerprint density at radius 2 is 1.27 bits per heavy atom. The van der Waals surface area contributed by atoms with Crippen LogP contribution in [0.4, 0.5) is 0 Å². The third kappa shape index (κ3) is 11.4. The molecule has 5 amide bonds. The van der Waals surface area contributed by atoms with Crippen LogP contribution in [0.15, 0.2) is 60.7 Å². The fraction of sp³-hybridized carbons (Fsp3) is 0.564. The van der Waals surface area contributed by atoms with Crippen LogP contribution >= 0.6 is 0 Å². The Kier molecular flexibility index (Phi) is 15.3. The number of rotatable bonds is 16. The van der Waals surface area contributed by atoms with Crippen molar-refractivity contribution in [2.45, 2.75) is 104 Å². The molecule has 1 heterocycles. The van der Waals surface area contributed by atoms with Crippen LogP contribution in [0.5, 0.6) is 0 Å². The van der Waals surface area contributed by atoms with Crippen molar-refractivity contribution in [3.63, 3.8) is 0 Å².